The standard InChI is InChI=1S/C8H11ClO4/c1-5(2)7(10)13-8(11)12-6(3)4-9/h6H,1,4H2,2-3H3. The van der Waals surface area contributed by atoms with E-state index >= 15 is 0 Å². The number of carbonyl (C=O) groups is 2. The zero-order valence-electron chi connectivity index (χ0n) is 7.50. The lowest BCUT2D eigenvalue weighted by atomic mass is 10.4. The van der Waals surface area contributed by atoms with Gasteiger partial charge in [0.1, 0.15) is 6.10 Å². The monoisotopic (exact) mass is 206 g/mol. The largest absolute Gasteiger partial charge is 0.516 e. The molecule has 0 heterocycles. The molecule has 13 heavy (non-hydrogen) atoms. The second kappa shape index (κ2) is 5.59. The molecular formula is C8H11ClO4. The zero-order chi connectivity index (χ0) is 10.4. The van der Waals surface area contributed by atoms with Crippen molar-refractivity contribution in [1.29, 1.82) is 0 Å². The van der Waals surface area contributed by atoms with Crippen LogP contribution in [0, 0.1) is 0 Å². The van der Waals surface area contributed by atoms with Gasteiger partial charge in [-0.1, -0.05) is 6.58 Å². The van der Waals surface area contributed by atoms with Crippen LogP contribution < -0.4 is 0 Å². The fourth-order valence-corrected chi connectivity index (χ4v) is 0.446. The zero-order valence-corrected chi connectivity index (χ0v) is 8.26. The summed E-state index contributed by atoms with van der Waals surface area (Å²) in [5, 5.41) is 0. The maximum Gasteiger partial charge on any atom is 0.516 e. The van der Waals surface area contributed by atoms with E-state index in [1.54, 1.807) is 6.92 Å². The van der Waals surface area contributed by atoms with E-state index in [2.05, 4.69) is 16.1 Å². The molecule has 0 saturated carbocycles. The summed E-state index contributed by atoms with van der Waals surface area (Å²) in [5.41, 5.74) is 0.135. The number of rotatable bonds is 3. The third-order valence-electron chi connectivity index (χ3n) is 1.04. The van der Waals surface area contributed by atoms with Crippen molar-refractivity contribution >= 4 is 23.7 Å². The fourth-order valence-electron chi connectivity index (χ4n) is 0.383. The molecule has 0 N–H and O–H groups in total. The lowest BCUT2D eigenvalue weighted by Crippen LogP contribution is -2.20. The smallest absolute Gasteiger partial charge is 0.430 e. The molecule has 0 saturated heterocycles. The van der Waals surface area contributed by atoms with Gasteiger partial charge in [-0.15, -0.1) is 11.6 Å². The van der Waals surface area contributed by atoms with Gasteiger partial charge in [0.05, 0.1) is 5.88 Å². The Morgan fingerprint density at radius 1 is 1.54 bits per heavy atom. The van der Waals surface area contributed by atoms with Crippen LogP contribution >= 0.6 is 11.6 Å². The van der Waals surface area contributed by atoms with Crippen LogP contribution in [0.1, 0.15) is 13.8 Å². The molecule has 0 amide bonds. The molecule has 0 aliphatic rings. The normalized spacial score (nSPS) is 11.6. The highest BCUT2D eigenvalue weighted by molar-refractivity contribution is 6.18. The van der Waals surface area contributed by atoms with Crippen molar-refractivity contribution in [3.63, 3.8) is 0 Å². The van der Waals surface area contributed by atoms with Crippen molar-refractivity contribution in [3.05, 3.63) is 12.2 Å². The third-order valence-corrected chi connectivity index (χ3v) is 1.47. The summed E-state index contributed by atoms with van der Waals surface area (Å²) in [6, 6.07) is 0. The number of halogens is 1. The molecule has 0 bridgehead atoms. The molecule has 1 unspecified atom stereocenters. The first-order valence-electron chi connectivity index (χ1n) is 3.61. The maximum atomic E-state index is 10.8. The van der Waals surface area contributed by atoms with E-state index in [1.165, 1.54) is 6.92 Å². The van der Waals surface area contributed by atoms with Crippen LogP contribution in [0.25, 0.3) is 0 Å². The van der Waals surface area contributed by atoms with Gasteiger partial charge in [-0.25, -0.2) is 9.59 Å². The summed E-state index contributed by atoms with van der Waals surface area (Å²) in [7, 11) is 0. The molecule has 0 spiro atoms. The van der Waals surface area contributed by atoms with E-state index in [0.29, 0.717) is 0 Å². The summed E-state index contributed by atoms with van der Waals surface area (Å²) in [4.78, 5) is 21.5. The Labute approximate surface area is 81.5 Å². The predicted molar refractivity (Wildman–Crippen MR) is 47.6 cm³/mol. The van der Waals surface area contributed by atoms with Gasteiger partial charge in [0.15, 0.2) is 0 Å². The van der Waals surface area contributed by atoms with E-state index in [1.807, 2.05) is 0 Å². The van der Waals surface area contributed by atoms with Crippen molar-refractivity contribution in [1.82, 2.24) is 0 Å². The van der Waals surface area contributed by atoms with Crippen LogP contribution in [0.5, 0.6) is 0 Å². The molecule has 1 atom stereocenters. The average Bonchev–Trinajstić information content (AvgIpc) is 2.03. The highest BCUT2D eigenvalue weighted by Gasteiger charge is 2.14. The Morgan fingerprint density at radius 2 is 2.08 bits per heavy atom. The van der Waals surface area contributed by atoms with E-state index in [0.717, 1.165) is 0 Å². The summed E-state index contributed by atoms with van der Waals surface area (Å²) in [5.74, 6) is -0.650. The first-order valence-corrected chi connectivity index (χ1v) is 4.15. The van der Waals surface area contributed by atoms with Crippen molar-refractivity contribution in [2.75, 3.05) is 5.88 Å². The highest BCUT2D eigenvalue weighted by atomic mass is 35.5. The summed E-state index contributed by atoms with van der Waals surface area (Å²) in [6.07, 6.45) is -1.53. The van der Waals surface area contributed by atoms with E-state index in [4.69, 9.17) is 11.6 Å². The van der Waals surface area contributed by atoms with Gasteiger partial charge in [0, 0.05) is 5.57 Å². The lowest BCUT2D eigenvalue weighted by Gasteiger charge is -2.08. The van der Waals surface area contributed by atoms with Crippen molar-refractivity contribution in [2.24, 2.45) is 0 Å². The lowest BCUT2D eigenvalue weighted by molar-refractivity contribution is -0.135. The Balaban J connectivity index is 3.88. The highest BCUT2D eigenvalue weighted by Crippen LogP contribution is 1.99. The second-order valence-electron chi connectivity index (χ2n) is 2.50. The molecule has 0 aromatic carbocycles. The Hall–Kier alpha value is -1.03. The fraction of sp³-hybridized carbons (Fsp3) is 0.500. The van der Waals surface area contributed by atoms with Crippen LogP contribution in [0.2, 0.25) is 0 Å². The SMILES string of the molecule is C=C(C)C(=O)OC(=O)OC(C)CCl. The molecule has 5 heteroatoms. The van der Waals surface area contributed by atoms with Gasteiger partial charge in [-0.2, -0.15) is 0 Å². The summed E-state index contributed by atoms with van der Waals surface area (Å²) >= 11 is 5.36. The minimum atomic E-state index is -1.05. The van der Waals surface area contributed by atoms with Crippen LogP contribution in [0.3, 0.4) is 0 Å². The first-order chi connectivity index (χ1) is 5.97. The van der Waals surface area contributed by atoms with E-state index in [-0.39, 0.29) is 11.5 Å². The Morgan fingerprint density at radius 3 is 2.46 bits per heavy atom. The maximum absolute atomic E-state index is 10.8. The van der Waals surface area contributed by atoms with Crippen LogP contribution in [0.15, 0.2) is 12.2 Å². The molecule has 0 aromatic rings. The number of hydrogen-bond acceptors (Lipinski definition) is 4. The number of ether oxygens (including phenoxy) is 2. The van der Waals surface area contributed by atoms with Crippen LogP contribution in [-0.4, -0.2) is 24.1 Å². The first kappa shape index (κ1) is 12.0. The summed E-state index contributed by atoms with van der Waals surface area (Å²) in [6.45, 7) is 6.31. The minimum Gasteiger partial charge on any atom is -0.430 e. The molecule has 0 fully saturated rings. The van der Waals surface area contributed by atoms with Gasteiger partial charge in [-0.05, 0) is 13.8 Å². The topological polar surface area (TPSA) is 52.6 Å². The Kier molecular flexibility index (Phi) is 5.14. The molecule has 0 radical (unpaired) electrons. The van der Waals surface area contributed by atoms with Crippen molar-refractivity contribution in [2.45, 2.75) is 20.0 Å². The average molecular weight is 207 g/mol. The van der Waals surface area contributed by atoms with Crippen molar-refractivity contribution < 1.29 is 19.1 Å². The second-order valence-corrected chi connectivity index (χ2v) is 2.81. The number of esters is 1. The van der Waals surface area contributed by atoms with Gasteiger partial charge in [-0.3, -0.25) is 0 Å². The number of carbonyl (C=O) groups excluding carboxylic acids is 2. The van der Waals surface area contributed by atoms with Crippen LogP contribution in [-0.2, 0) is 14.3 Å². The molecule has 0 aromatic heterocycles. The molecule has 4 nitrogen and oxygen atoms in total. The number of alkyl halides is 1. The van der Waals surface area contributed by atoms with Gasteiger partial charge >= 0.3 is 12.1 Å². The summed E-state index contributed by atoms with van der Waals surface area (Å²) < 4.78 is 8.79. The third kappa shape index (κ3) is 5.25. The Bertz CT molecular complexity index is 224. The van der Waals surface area contributed by atoms with E-state index < -0.39 is 18.2 Å². The van der Waals surface area contributed by atoms with Crippen LogP contribution in [0.4, 0.5) is 4.79 Å². The van der Waals surface area contributed by atoms with E-state index in [9.17, 15) is 9.59 Å². The predicted octanol–water partition coefficient (Wildman–Crippen LogP) is 1.87. The number of hydrogen-bond donors (Lipinski definition) is 0. The molecular weight excluding hydrogens is 196 g/mol. The molecule has 0 rings (SSSR count). The minimum absolute atomic E-state index is 0.135. The van der Waals surface area contributed by atoms with Gasteiger partial charge in [0.2, 0.25) is 0 Å². The molecule has 0 aliphatic heterocycles. The quantitative estimate of drug-likeness (QED) is 0.306. The van der Waals surface area contributed by atoms with Gasteiger partial charge in [0.25, 0.3) is 0 Å². The van der Waals surface area contributed by atoms with Crippen molar-refractivity contribution in [3.8, 4) is 0 Å². The molecule has 0 aliphatic carbocycles. The molecule has 74 valence electrons. The van der Waals surface area contributed by atoms with Gasteiger partial charge < -0.3 is 9.47 Å².